The Hall–Kier alpha value is -4.07. The summed E-state index contributed by atoms with van der Waals surface area (Å²) >= 11 is 0. The van der Waals surface area contributed by atoms with Crippen LogP contribution < -0.4 is 10.6 Å². The van der Waals surface area contributed by atoms with Crippen LogP contribution in [-0.2, 0) is 7.05 Å². The summed E-state index contributed by atoms with van der Waals surface area (Å²) in [6.07, 6.45) is 1.41. The number of carbonyl (C=O) groups excluding carboxylic acids is 4. The molecule has 0 fully saturated rings. The van der Waals surface area contributed by atoms with Crippen molar-refractivity contribution in [1.29, 1.82) is 0 Å². The number of ketones is 2. The Morgan fingerprint density at radius 3 is 1.70 bits per heavy atom. The average Bonchev–Trinajstić information content (AvgIpc) is 3.10. The second kappa shape index (κ2) is 8.52. The molecule has 1 heterocycles. The van der Waals surface area contributed by atoms with Gasteiger partial charge in [0.15, 0.2) is 17.3 Å². The fourth-order valence-corrected chi connectivity index (χ4v) is 2.99. The Morgan fingerprint density at radius 2 is 1.20 bits per heavy atom. The summed E-state index contributed by atoms with van der Waals surface area (Å²) in [6.45, 7) is 2.80. The number of aryl methyl sites for hydroxylation is 1. The van der Waals surface area contributed by atoms with Crippen LogP contribution in [0.3, 0.4) is 0 Å². The lowest BCUT2D eigenvalue weighted by Gasteiger charge is -2.10. The van der Waals surface area contributed by atoms with Crippen molar-refractivity contribution in [3.63, 3.8) is 0 Å². The zero-order valence-corrected chi connectivity index (χ0v) is 16.7. The number of amides is 2. The van der Waals surface area contributed by atoms with Crippen molar-refractivity contribution in [3.05, 3.63) is 77.1 Å². The first-order chi connectivity index (χ1) is 14.3. The van der Waals surface area contributed by atoms with E-state index in [4.69, 9.17) is 0 Å². The fourth-order valence-electron chi connectivity index (χ4n) is 2.99. The lowest BCUT2D eigenvalue weighted by atomic mass is 10.1. The van der Waals surface area contributed by atoms with Crippen molar-refractivity contribution in [3.8, 4) is 0 Å². The van der Waals surface area contributed by atoms with Gasteiger partial charge in [-0.15, -0.1) is 0 Å². The molecule has 0 aliphatic rings. The molecule has 0 radical (unpaired) electrons. The van der Waals surface area contributed by atoms with E-state index in [0.717, 1.165) is 0 Å². The van der Waals surface area contributed by atoms with Gasteiger partial charge in [0, 0.05) is 24.4 Å². The molecule has 0 atom stereocenters. The summed E-state index contributed by atoms with van der Waals surface area (Å²) in [5.74, 6) is -1.61. The molecule has 2 N–H and O–H groups in total. The first-order valence-electron chi connectivity index (χ1n) is 9.14. The van der Waals surface area contributed by atoms with E-state index >= 15 is 0 Å². The third-order valence-electron chi connectivity index (χ3n) is 4.40. The number of aromatic nitrogens is 2. The summed E-state index contributed by atoms with van der Waals surface area (Å²) < 4.78 is 1.34. The summed E-state index contributed by atoms with van der Waals surface area (Å²) in [5, 5.41) is 9.40. The molecule has 0 unspecified atom stereocenters. The van der Waals surface area contributed by atoms with E-state index in [-0.39, 0.29) is 22.8 Å². The molecule has 8 heteroatoms. The number of nitrogens with one attached hydrogen (secondary N) is 2. The molecule has 3 aromatic rings. The van der Waals surface area contributed by atoms with E-state index < -0.39 is 11.8 Å². The number of rotatable bonds is 6. The Morgan fingerprint density at radius 1 is 0.733 bits per heavy atom. The lowest BCUT2D eigenvalue weighted by Crippen LogP contribution is -2.21. The second-order valence-electron chi connectivity index (χ2n) is 6.68. The van der Waals surface area contributed by atoms with Gasteiger partial charge in [0.25, 0.3) is 11.8 Å². The predicted molar refractivity (Wildman–Crippen MR) is 112 cm³/mol. The largest absolute Gasteiger partial charge is 0.321 e. The SMILES string of the molecule is CC(=O)c1ccccc1NC(=O)c1cn(C)nc1C(=O)Nc1ccccc1C(C)=O. The third-order valence-corrected chi connectivity index (χ3v) is 4.40. The molecule has 2 aromatic carbocycles. The minimum absolute atomic E-state index is 0.0358. The van der Waals surface area contributed by atoms with Gasteiger partial charge in [-0.25, -0.2) is 0 Å². The maximum absolute atomic E-state index is 12.8. The highest BCUT2D eigenvalue weighted by atomic mass is 16.2. The molecule has 0 aliphatic heterocycles. The number of nitrogens with zero attached hydrogens (tertiary/aromatic N) is 2. The zero-order chi connectivity index (χ0) is 21.8. The number of carbonyl (C=O) groups is 4. The van der Waals surface area contributed by atoms with Crippen molar-refractivity contribution < 1.29 is 19.2 Å². The van der Waals surface area contributed by atoms with E-state index in [1.54, 1.807) is 55.6 Å². The topological polar surface area (TPSA) is 110 Å². The van der Waals surface area contributed by atoms with E-state index in [1.165, 1.54) is 24.7 Å². The highest BCUT2D eigenvalue weighted by molar-refractivity contribution is 6.16. The van der Waals surface area contributed by atoms with Crippen molar-refractivity contribution >= 4 is 34.8 Å². The van der Waals surface area contributed by atoms with Crippen molar-refractivity contribution in [1.82, 2.24) is 9.78 Å². The van der Waals surface area contributed by atoms with Gasteiger partial charge in [-0.2, -0.15) is 5.10 Å². The van der Waals surface area contributed by atoms with Gasteiger partial charge in [0.1, 0.15) is 0 Å². The molecule has 0 saturated heterocycles. The summed E-state index contributed by atoms with van der Waals surface area (Å²) in [5.41, 5.74) is 1.31. The van der Waals surface area contributed by atoms with Gasteiger partial charge < -0.3 is 10.6 Å². The van der Waals surface area contributed by atoms with E-state index in [1.807, 2.05) is 0 Å². The monoisotopic (exact) mass is 404 g/mol. The van der Waals surface area contributed by atoms with E-state index in [0.29, 0.717) is 22.5 Å². The average molecular weight is 404 g/mol. The fraction of sp³-hybridized carbons (Fsp3) is 0.136. The van der Waals surface area contributed by atoms with Crippen LogP contribution in [0.15, 0.2) is 54.7 Å². The minimum atomic E-state index is -0.630. The number of anilines is 2. The predicted octanol–water partition coefficient (Wildman–Crippen LogP) is 3.33. The van der Waals surface area contributed by atoms with E-state index in [2.05, 4.69) is 15.7 Å². The van der Waals surface area contributed by atoms with Crippen LogP contribution in [0.1, 0.15) is 55.4 Å². The molecule has 2 amide bonds. The van der Waals surface area contributed by atoms with Crippen molar-refractivity contribution in [2.75, 3.05) is 10.6 Å². The zero-order valence-electron chi connectivity index (χ0n) is 16.7. The van der Waals surface area contributed by atoms with Crippen LogP contribution in [0.2, 0.25) is 0 Å². The van der Waals surface area contributed by atoms with Gasteiger partial charge in [0.05, 0.1) is 16.9 Å². The van der Waals surface area contributed by atoms with Gasteiger partial charge in [0.2, 0.25) is 0 Å². The number of Topliss-reactive ketones (excluding diaryl/α,β-unsaturated/α-hetero) is 2. The van der Waals surface area contributed by atoms with Crippen LogP contribution in [0.25, 0.3) is 0 Å². The normalized spacial score (nSPS) is 10.4. The Bertz CT molecular complexity index is 1070. The molecule has 0 aliphatic carbocycles. The van der Waals surface area contributed by atoms with Crippen LogP contribution in [-0.4, -0.2) is 33.2 Å². The minimum Gasteiger partial charge on any atom is -0.321 e. The van der Waals surface area contributed by atoms with Gasteiger partial charge in [-0.1, -0.05) is 24.3 Å². The molecule has 0 saturated carbocycles. The smallest absolute Gasteiger partial charge is 0.277 e. The number of para-hydroxylation sites is 2. The lowest BCUT2D eigenvalue weighted by molar-refractivity contribution is 0.0985. The van der Waals surface area contributed by atoms with Crippen molar-refractivity contribution in [2.24, 2.45) is 7.05 Å². The van der Waals surface area contributed by atoms with Gasteiger partial charge >= 0.3 is 0 Å². The highest BCUT2D eigenvalue weighted by Crippen LogP contribution is 2.20. The quantitative estimate of drug-likeness (QED) is 0.613. The number of benzene rings is 2. The van der Waals surface area contributed by atoms with Crippen LogP contribution >= 0.6 is 0 Å². The van der Waals surface area contributed by atoms with Crippen LogP contribution in [0.5, 0.6) is 0 Å². The molecular formula is C22H20N4O4. The molecule has 8 nitrogen and oxygen atoms in total. The molecule has 152 valence electrons. The Balaban J connectivity index is 1.90. The van der Waals surface area contributed by atoms with Crippen LogP contribution in [0.4, 0.5) is 11.4 Å². The molecule has 0 spiro atoms. The summed E-state index contributed by atoms with van der Waals surface area (Å²) in [4.78, 5) is 49.3. The number of hydrogen-bond acceptors (Lipinski definition) is 5. The van der Waals surface area contributed by atoms with Crippen LogP contribution in [0, 0.1) is 0 Å². The van der Waals surface area contributed by atoms with Crippen molar-refractivity contribution in [2.45, 2.75) is 13.8 Å². The Kier molecular flexibility index (Phi) is 5.87. The third kappa shape index (κ3) is 4.33. The standard InChI is InChI=1S/C22H20N4O4/c1-13(27)15-8-4-6-10-18(15)23-21(29)17-12-26(3)25-20(17)22(30)24-19-11-7-5-9-16(19)14(2)28/h4-12H,1-3H3,(H,23,29)(H,24,30). The summed E-state index contributed by atoms with van der Waals surface area (Å²) in [6, 6.07) is 13.2. The molecular weight excluding hydrogens is 384 g/mol. The number of hydrogen-bond donors (Lipinski definition) is 2. The first-order valence-corrected chi connectivity index (χ1v) is 9.14. The second-order valence-corrected chi connectivity index (χ2v) is 6.68. The molecule has 30 heavy (non-hydrogen) atoms. The highest BCUT2D eigenvalue weighted by Gasteiger charge is 2.23. The van der Waals surface area contributed by atoms with Gasteiger partial charge in [-0.05, 0) is 38.1 Å². The Labute approximate surface area is 172 Å². The maximum atomic E-state index is 12.8. The van der Waals surface area contributed by atoms with E-state index in [9.17, 15) is 19.2 Å². The molecule has 1 aromatic heterocycles. The summed E-state index contributed by atoms with van der Waals surface area (Å²) in [7, 11) is 1.58. The maximum Gasteiger partial charge on any atom is 0.277 e. The molecule has 0 bridgehead atoms. The first kappa shape index (κ1) is 20.7. The molecule has 3 rings (SSSR count). The van der Waals surface area contributed by atoms with Gasteiger partial charge in [-0.3, -0.25) is 23.9 Å².